The number of benzene rings is 1. The smallest absolute Gasteiger partial charge is 0.0324 e. The van der Waals surface area contributed by atoms with Gasteiger partial charge < -0.3 is 0 Å². The van der Waals surface area contributed by atoms with E-state index >= 15 is 0 Å². The SMILES string of the molecule is CCCCCCCCCCCCCCCCCCC#Cc1[c]cccc1. The third-order valence-electron chi connectivity index (χ3n) is 5.09. The van der Waals surface area contributed by atoms with Crippen LogP contribution in [0, 0.1) is 17.9 Å². The van der Waals surface area contributed by atoms with Crippen LogP contribution in [0.1, 0.15) is 122 Å². The maximum atomic E-state index is 3.27. The Balaban J connectivity index is 1.74. The zero-order chi connectivity index (χ0) is 18.5. The van der Waals surface area contributed by atoms with Crippen molar-refractivity contribution in [2.45, 2.75) is 116 Å². The van der Waals surface area contributed by atoms with Crippen LogP contribution < -0.4 is 0 Å². The molecule has 1 rings (SSSR count). The Kier molecular flexibility index (Phi) is 16.3. The minimum Gasteiger partial charge on any atom is -0.0979 e. The maximum Gasteiger partial charge on any atom is 0.0324 e. The molecule has 0 aliphatic carbocycles. The molecule has 1 aromatic carbocycles. The van der Waals surface area contributed by atoms with Crippen LogP contribution in [0.15, 0.2) is 24.3 Å². The lowest BCUT2D eigenvalue weighted by Gasteiger charge is -2.03. The van der Waals surface area contributed by atoms with Gasteiger partial charge in [-0.1, -0.05) is 133 Å². The van der Waals surface area contributed by atoms with Crippen LogP contribution >= 0.6 is 0 Å². The van der Waals surface area contributed by atoms with E-state index in [0.717, 1.165) is 12.0 Å². The summed E-state index contributed by atoms with van der Waals surface area (Å²) in [6.07, 6.45) is 23.8. The molecular formula is C26H41. The van der Waals surface area contributed by atoms with E-state index in [1.54, 1.807) is 0 Å². The lowest BCUT2D eigenvalue weighted by molar-refractivity contribution is 0.530. The first-order chi connectivity index (χ1) is 12.9. The highest BCUT2D eigenvalue weighted by Gasteiger charge is 1.94. The average molecular weight is 354 g/mol. The maximum absolute atomic E-state index is 3.27. The van der Waals surface area contributed by atoms with Crippen molar-refractivity contribution in [2.24, 2.45) is 0 Å². The van der Waals surface area contributed by atoms with Crippen LogP contribution in [0.5, 0.6) is 0 Å². The van der Waals surface area contributed by atoms with Gasteiger partial charge in [0.1, 0.15) is 0 Å². The fourth-order valence-electron chi connectivity index (χ4n) is 3.39. The van der Waals surface area contributed by atoms with Crippen molar-refractivity contribution in [3.63, 3.8) is 0 Å². The van der Waals surface area contributed by atoms with Crippen molar-refractivity contribution in [3.05, 3.63) is 35.9 Å². The van der Waals surface area contributed by atoms with Gasteiger partial charge in [0.05, 0.1) is 0 Å². The highest BCUT2D eigenvalue weighted by Crippen LogP contribution is 2.13. The standard InChI is InChI=1S/C26H41/c1-2-3-4-5-6-7-8-9-10-11-12-13-14-15-16-17-18-20-23-26-24-21-19-22-25-26/h19,21-22,24H,2-18H2,1H3. The molecule has 0 saturated heterocycles. The molecule has 1 aromatic rings. The first-order valence-corrected chi connectivity index (χ1v) is 11.4. The highest BCUT2D eigenvalue weighted by atomic mass is 14.0. The van der Waals surface area contributed by atoms with Gasteiger partial charge in [0.2, 0.25) is 0 Å². The fraction of sp³-hybridized carbons (Fsp3) is 0.692. The van der Waals surface area contributed by atoms with Crippen molar-refractivity contribution in [1.29, 1.82) is 0 Å². The number of hydrogen-bond donors (Lipinski definition) is 0. The second-order valence-electron chi connectivity index (χ2n) is 7.63. The summed E-state index contributed by atoms with van der Waals surface area (Å²) in [4.78, 5) is 0. The molecule has 1 radical (unpaired) electrons. The predicted octanol–water partition coefficient (Wildman–Crippen LogP) is 8.49. The number of unbranched alkanes of at least 4 members (excludes halogenated alkanes) is 16. The minimum absolute atomic E-state index is 1.02. The molecule has 0 saturated carbocycles. The van der Waals surface area contributed by atoms with Crippen molar-refractivity contribution in [1.82, 2.24) is 0 Å². The molecule has 0 nitrogen and oxygen atoms in total. The van der Waals surface area contributed by atoms with Crippen LogP contribution in [0.3, 0.4) is 0 Å². The van der Waals surface area contributed by atoms with Crippen LogP contribution in [-0.4, -0.2) is 0 Å². The van der Waals surface area contributed by atoms with Crippen LogP contribution in [0.25, 0.3) is 0 Å². The van der Waals surface area contributed by atoms with Crippen molar-refractivity contribution < 1.29 is 0 Å². The molecule has 0 heterocycles. The van der Waals surface area contributed by atoms with Gasteiger partial charge in [0, 0.05) is 12.0 Å². The zero-order valence-corrected chi connectivity index (χ0v) is 17.3. The Morgan fingerprint density at radius 3 is 1.62 bits per heavy atom. The second kappa shape index (κ2) is 18.6. The van der Waals surface area contributed by atoms with E-state index in [9.17, 15) is 0 Å². The Hall–Kier alpha value is -1.22. The average Bonchev–Trinajstić information content (AvgIpc) is 2.68. The molecule has 0 aliphatic rings. The Bertz CT molecular complexity index is 448. The number of rotatable bonds is 16. The quantitative estimate of drug-likeness (QED) is 0.206. The van der Waals surface area contributed by atoms with Crippen LogP contribution in [0.2, 0.25) is 0 Å². The number of hydrogen-bond acceptors (Lipinski definition) is 0. The topological polar surface area (TPSA) is 0 Å². The molecule has 0 heteroatoms. The molecule has 0 spiro atoms. The van der Waals surface area contributed by atoms with Gasteiger partial charge in [-0.15, -0.1) is 0 Å². The molecule has 0 unspecified atom stereocenters. The fourth-order valence-corrected chi connectivity index (χ4v) is 3.39. The third kappa shape index (κ3) is 15.1. The van der Waals surface area contributed by atoms with Gasteiger partial charge in [0.15, 0.2) is 0 Å². The monoisotopic (exact) mass is 353 g/mol. The van der Waals surface area contributed by atoms with Gasteiger partial charge in [-0.3, -0.25) is 0 Å². The first-order valence-electron chi connectivity index (χ1n) is 11.4. The molecule has 0 aliphatic heterocycles. The van der Waals surface area contributed by atoms with Crippen LogP contribution in [0.4, 0.5) is 0 Å². The summed E-state index contributed by atoms with van der Waals surface area (Å²) < 4.78 is 0. The molecule has 0 bridgehead atoms. The molecule has 0 aromatic heterocycles. The van der Waals surface area contributed by atoms with E-state index in [1.165, 1.54) is 103 Å². The zero-order valence-electron chi connectivity index (χ0n) is 17.3. The van der Waals surface area contributed by atoms with Gasteiger partial charge in [-0.2, -0.15) is 0 Å². The van der Waals surface area contributed by atoms with Crippen molar-refractivity contribution >= 4 is 0 Å². The molecule has 0 amide bonds. The largest absolute Gasteiger partial charge is 0.0979 e. The van der Waals surface area contributed by atoms with Gasteiger partial charge in [-0.05, 0) is 18.6 Å². The summed E-state index contributed by atoms with van der Waals surface area (Å²) in [7, 11) is 0. The summed E-state index contributed by atoms with van der Waals surface area (Å²) in [5, 5.41) is 0. The Morgan fingerprint density at radius 2 is 1.15 bits per heavy atom. The van der Waals surface area contributed by atoms with E-state index in [2.05, 4.69) is 24.8 Å². The van der Waals surface area contributed by atoms with E-state index in [1.807, 2.05) is 24.3 Å². The summed E-state index contributed by atoms with van der Waals surface area (Å²) in [5.41, 5.74) is 1.02. The minimum atomic E-state index is 1.02. The lowest BCUT2D eigenvalue weighted by atomic mass is 10.0. The predicted molar refractivity (Wildman–Crippen MR) is 116 cm³/mol. The lowest BCUT2D eigenvalue weighted by Crippen LogP contribution is -1.83. The van der Waals surface area contributed by atoms with Gasteiger partial charge in [-0.25, -0.2) is 0 Å². The summed E-state index contributed by atoms with van der Waals surface area (Å²) in [5.74, 6) is 6.46. The summed E-state index contributed by atoms with van der Waals surface area (Å²) >= 11 is 0. The molecule has 0 atom stereocenters. The van der Waals surface area contributed by atoms with E-state index < -0.39 is 0 Å². The van der Waals surface area contributed by atoms with Crippen molar-refractivity contribution in [3.8, 4) is 11.8 Å². The first kappa shape index (κ1) is 22.8. The Morgan fingerprint density at radius 1 is 0.654 bits per heavy atom. The Labute approximate surface area is 164 Å². The molecular weight excluding hydrogens is 312 g/mol. The van der Waals surface area contributed by atoms with E-state index in [4.69, 9.17) is 0 Å². The van der Waals surface area contributed by atoms with Crippen LogP contribution in [-0.2, 0) is 0 Å². The third-order valence-corrected chi connectivity index (χ3v) is 5.09. The van der Waals surface area contributed by atoms with Crippen molar-refractivity contribution in [2.75, 3.05) is 0 Å². The molecule has 145 valence electrons. The van der Waals surface area contributed by atoms with Gasteiger partial charge >= 0.3 is 0 Å². The molecule has 0 N–H and O–H groups in total. The summed E-state index contributed by atoms with van der Waals surface area (Å²) in [6.45, 7) is 2.29. The molecule has 26 heavy (non-hydrogen) atoms. The summed E-state index contributed by atoms with van der Waals surface area (Å²) in [6, 6.07) is 11.1. The second-order valence-corrected chi connectivity index (χ2v) is 7.63. The normalized spacial score (nSPS) is 10.5. The highest BCUT2D eigenvalue weighted by molar-refractivity contribution is 5.32. The van der Waals surface area contributed by atoms with Gasteiger partial charge in [0.25, 0.3) is 0 Å². The molecule has 0 fully saturated rings. The van der Waals surface area contributed by atoms with E-state index in [0.29, 0.717) is 0 Å². The van der Waals surface area contributed by atoms with E-state index in [-0.39, 0.29) is 0 Å².